The van der Waals surface area contributed by atoms with Gasteiger partial charge in [-0.2, -0.15) is 0 Å². The van der Waals surface area contributed by atoms with Crippen molar-refractivity contribution in [3.8, 4) is 0 Å². The Morgan fingerprint density at radius 1 is 1.17 bits per heavy atom. The van der Waals surface area contributed by atoms with Gasteiger partial charge < -0.3 is 4.79 Å². The van der Waals surface area contributed by atoms with Crippen molar-refractivity contribution in [1.29, 1.82) is 0 Å². The summed E-state index contributed by atoms with van der Waals surface area (Å²) in [7, 11) is 0. The molecule has 1 saturated carbocycles. The number of piperazine rings is 1. The monoisotopic (exact) mass is 252 g/mol. The van der Waals surface area contributed by atoms with Gasteiger partial charge in [0, 0.05) is 44.2 Å². The Labute approximate surface area is 112 Å². The average molecular weight is 252 g/mol. The fraction of sp³-hybridized carbons (Fsp3) is 0.933. The van der Waals surface area contributed by atoms with Crippen LogP contribution in [-0.4, -0.2) is 54.9 Å². The Kier molecular flexibility index (Phi) is 4.79. The summed E-state index contributed by atoms with van der Waals surface area (Å²) in [6.07, 6.45) is 7.20. The number of carbonyl (C=O) groups excluding carboxylic acids is 1. The molecule has 0 aromatic carbocycles. The molecule has 0 aromatic rings. The molecule has 3 nitrogen and oxygen atoms in total. The highest BCUT2D eigenvalue weighted by molar-refractivity contribution is 5.60. The molecule has 1 unspecified atom stereocenters. The molecule has 18 heavy (non-hydrogen) atoms. The van der Waals surface area contributed by atoms with E-state index in [9.17, 15) is 4.79 Å². The third-order valence-electron chi connectivity index (χ3n) is 5.01. The number of hydrogen-bond donors (Lipinski definition) is 0. The van der Waals surface area contributed by atoms with Gasteiger partial charge in [0.15, 0.2) is 0 Å². The number of aldehydes is 1. The molecule has 0 N–H and O–H groups in total. The third-order valence-corrected chi connectivity index (χ3v) is 5.01. The van der Waals surface area contributed by atoms with Gasteiger partial charge in [-0.15, -0.1) is 0 Å². The second-order valence-corrected chi connectivity index (χ2v) is 6.26. The van der Waals surface area contributed by atoms with E-state index in [1.807, 2.05) is 0 Å². The highest BCUT2D eigenvalue weighted by Gasteiger charge is 2.36. The minimum absolute atomic E-state index is 0.00145. The van der Waals surface area contributed by atoms with Crippen LogP contribution < -0.4 is 0 Å². The van der Waals surface area contributed by atoms with Gasteiger partial charge >= 0.3 is 0 Å². The molecule has 1 atom stereocenters. The summed E-state index contributed by atoms with van der Waals surface area (Å²) in [5.41, 5.74) is -0.00145. The minimum atomic E-state index is -0.00145. The minimum Gasteiger partial charge on any atom is -0.303 e. The molecule has 2 fully saturated rings. The van der Waals surface area contributed by atoms with Gasteiger partial charge in [-0.3, -0.25) is 9.80 Å². The summed E-state index contributed by atoms with van der Waals surface area (Å²) < 4.78 is 0. The van der Waals surface area contributed by atoms with Crippen molar-refractivity contribution in [2.24, 2.45) is 5.41 Å². The molecular weight excluding hydrogens is 224 g/mol. The van der Waals surface area contributed by atoms with Crippen molar-refractivity contribution in [3.63, 3.8) is 0 Å². The van der Waals surface area contributed by atoms with Crippen LogP contribution in [0.25, 0.3) is 0 Å². The molecule has 0 radical (unpaired) electrons. The molecule has 1 heterocycles. The Morgan fingerprint density at radius 2 is 1.78 bits per heavy atom. The van der Waals surface area contributed by atoms with Crippen LogP contribution in [0.1, 0.15) is 46.0 Å². The molecule has 0 spiro atoms. The first-order chi connectivity index (χ1) is 8.69. The van der Waals surface area contributed by atoms with E-state index in [-0.39, 0.29) is 5.41 Å². The Morgan fingerprint density at radius 3 is 2.28 bits per heavy atom. The summed E-state index contributed by atoms with van der Waals surface area (Å²) in [6, 6.07) is 0.707. The zero-order chi connectivity index (χ0) is 13.0. The number of hydrogen-bond acceptors (Lipinski definition) is 3. The second-order valence-electron chi connectivity index (χ2n) is 6.26. The van der Waals surface area contributed by atoms with Crippen LogP contribution >= 0.6 is 0 Å². The van der Waals surface area contributed by atoms with Crippen LogP contribution in [0.3, 0.4) is 0 Å². The Balaban J connectivity index is 1.81. The lowest BCUT2D eigenvalue weighted by molar-refractivity contribution is -0.117. The van der Waals surface area contributed by atoms with Gasteiger partial charge in [0.2, 0.25) is 0 Å². The van der Waals surface area contributed by atoms with Gasteiger partial charge in [0.05, 0.1) is 0 Å². The highest BCUT2D eigenvalue weighted by Crippen LogP contribution is 2.37. The number of carbonyl (C=O) groups is 1. The Bertz CT molecular complexity index is 266. The molecule has 1 saturated heterocycles. The van der Waals surface area contributed by atoms with E-state index < -0.39 is 0 Å². The lowest BCUT2D eigenvalue weighted by atomic mass is 9.87. The van der Waals surface area contributed by atoms with Crippen LogP contribution in [0.5, 0.6) is 0 Å². The number of nitrogens with zero attached hydrogens (tertiary/aromatic N) is 2. The first-order valence-electron chi connectivity index (χ1n) is 7.62. The molecule has 3 heteroatoms. The maximum Gasteiger partial charge on any atom is 0.127 e. The van der Waals surface area contributed by atoms with Crippen LogP contribution in [0.2, 0.25) is 0 Å². The highest BCUT2D eigenvalue weighted by atomic mass is 16.1. The van der Waals surface area contributed by atoms with Crippen molar-refractivity contribution < 1.29 is 4.79 Å². The predicted molar refractivity (Wildman–Crippen MR) is 74.7 cm³/mol. The van der Waals surface area contributed by atoms with Gasteiger partial charge in [-0.25, -0.2) is 0 Å². The van der Waals surface area contributed by atoms with E-state index in [2.05, 4.69) is 23.6 Å². The molecule has 0 bridgehead atoms. The van der Waals surface area contributed by atoms with E-state index in [4.69, 9.17) is 0 Å². The second kappa shape index (κ2) is 6.16. The fourth-order valence-electron chi connectivity index (χ4n) is 3.46. The lowest BCUT2D eigenvalue weighted by Gasteiger charge is -2.40. The normalized spacial score (nSPS) is 27.2. The first kappa shape index (κ1) is 14.0. The first-order valence-corrected chi connectivity index (χ1v) is 7.62. The maximum atomic E-state index is 11.4. The molecule has 0 amide bonds. The topological polar surface area (TPSA) is 23.6 Å². The third kappa shape index (κ3) is 3.12. The smallest absolute Gasteiger partial charge is 0.127 e. The summed E-state index contributed by atoms with van der Waals surface area (Å²) in [6.45, 7) is 10.2. The fourth-order valence-corrected chi connectivity index (χ4v) is 3.46. The van der Waals surface area contributed by atoms with E-state index in [0.717, 1.165) is 32.5 Å². The summed E-state index contributed by atoms with van der Waals surface area (Å²) in [5.74, 6) is 0. The zero-order valence-corrected chi connectivity index (χ0v) is 12.0. The van der Waals surface area contributed by atoms with Crippen LogP contribution in [0, 0.1) is 5.41 Å². The molecule has 1 aliphatic carbocycles. The summed E-state index contributed by atoms with van der Waals surface area (Å²) in [4.78, 5) is 16.5. The van der Waals surface area contributed by atoms with Crippen molar-refractivity contribution in [2.75, 3.05) is 32.7 Å². The van der Waals surface area contributed by atoms with Crippen molar-refractivity contribution in [2.45, 2.75) is 52.0 Å². The van der Waals surface area contributed by atoms with Gasteiger partial charge in [0.25, 0.3) is 0 Å². The van der Waals surface area contributed by atoms with Crippen molar-refractivity contribution in [1.82, 2.24) is 9.80 Å². The maximum absolute atomic E-state index is 11.4. The quantitative estimate of drug-likeness (QED) is 0.701. The van der Waals surface area contributed by atoms with E-state index in [0.29, 0.717) is 6.04 Å². The molecule has 2 aliphatic rings. The van der Waals surface area contributed by atoms with Gasteiger partial charge in [-0.1, -0.05) is 19.8 Å². The SMILES string of the molecule is CCC(C)N1CCN(CC2(C=O)CCCC2)CC1. The summed E-state index contributed by atoms with van der Waals surface area (Å²) >= 11 is 0. The molecule has 2 rings (SSSR count). The van der Waals surface area contributed by atoms with E-state index in [1.54, 1.807) is 0 Å². The lowest BCUT2D eigenvalue weighted by Crippen LogP contribution is -2.52. The number of rotatable bonds is 5. The average Bonchev–Trinajstić information content (AvgIpc) is 2.88. The molecule has 1 aliphatic heterocycles. The summed E-state index contributed by atoms with van der Waals surface area (Å²) in [5, 5.41) is 0. The van der Waals surface area contributed by atoms with E-state index >= 15 is 0 Å². The van der Waals surface area contributed by atoms with Gasteiger partial charge in [-0.05, 0) is 26.2 Å². The molecule has 0 aromatic heterocycles. The standard InChI is InChI=1S/C15H28N2O/c1-3-14(2)17-10-8-16(9-11-17)12-15(13-18)6-4-5-7-15/h13-14H,3-12H2,1-2H3. The zero-order valence-electron chi connectivity index (χ0n) is 12.0. The van der Waals surface area contributed by atoms with Crippen LogP contribution in [-0.2, 0) is 4.79 Å². The van der Waals surface area contributed by atoms with Crippen LogP contribution in [0.15, 0.2) is 0 Å². The van der Waals surface area contributed by atoms with Crippen molar-refractivity contribution in [3.05, 3.63) is 0 Å². The van der Waals surface area contributed by atoms with Gasteiger partial charge in [0.1, 0.15) is 6.29 Å². The van der Waals surface area contributed by atoms with E-state index in [1.165, 1.54) is 38.6 Å². The Hall–Kier alpha value is -0.410. The molecule has 104 valence electrons. The molecular formula is C15H28N2O. The van der Waals surface area contributed by atoms with Crippen molar-refractivity contribution >= 4 is 6.29 Å². The predicted octanol–water partition coefficient (Wildman–Crippen LogP) is 2.16. The van der Waals surface area contributed by atoms with Crippen LogP contribution in [0.4, 0.5) is 0 Å². The largest absolute Gasteiger partial charge is 0.303 e.